The fourth-order valence-electron chi connectivity index (χ4n) is 3.14. The van der Waals surface area contributed by atoms with Gasteiger partial charge < -0.3 is 16.4 Å². The van der Waals surface area contributed by atoms with E-state index in [1.807, 2.05) is 24.3 Å². The Morgan fingerprint density at radius 2 is 1.50 bits per heavy atom. The van der Waals surface area contributed by atoms with Crippen molar-refractivity contribution in [2.75, 3.05) is 10.6 Å². The van der Waals surface area contributed by atoms with Crippen LogP contribution in [-0.4, -0.2) is 28.1 Å². The lowest BCUT2D eigenvalue weighted by molar-refractivity contribution is 0.403. The largest absolute Gasteiger partial charge is 0.364 e. The zero-order chi connectivity index (χ0) is 14.9. The third-order valence-electron chi connectivity index (χ3n) is 4.63. The molecule has 5 nitrogen and oxygen atoms in total. The Bertz CT molecular complexity index is 667. The minimum atomic E-state index is 0.204. The fraction of sp³-hybridized carbons (Fsp3) is 0.529. The van der Waals surface area contributed by atoms with Gasteiger partial charge in [0.1, 0.15) is 0 Å². The zero-order valence-corrected chi connectivity index (χ0v) is 12.8. The van der Waals surface area contributed by atoms with Gasteiger partial charge in [0, 0.05) is 18.1 Å². The summed E-state index contributed by atoms with van der Waals surface area (Å²) in [6, 6.07) is 9.07. The van der Waals surface area contributed by atoms with Crippen LogP contribution < -0.4 is 16.4 Å². The molecule has 2 fully saturated rings. The first-order valence-corrected chi connectivity index (χ1v) is 8.35. The van der Waals surface area contributed by atoms with Crippen LogP contribution in [0.25, 0.3) is 11.0 Å². The molecule has 4 rings (SSSR count). The topological polar surface area (TPSA) is 75.9 Å². The number of nitrogens with two attached hydrogens (primary N) is 1. The predicted molar refractivity (Wildman–Crippen MR) is 90.0 cm³/mol. The number of anilines is 2. The average Bonchev–Trinajstić information content (AvgIpc) is 3.34. The van der Waals surface area contributed by atoms with Crippen molar-refractivity contribution >= 4 is 22.7 Å². The van der Waals surface area contributed by atoms with Crippen molar-refractivity contribution in [2.45, 2.75) is 56.7 Å². The van der Waals surface area contributed by atoms with Crippen molar-refractivity contribution in [3.63, 3.8) is 0 Å². The van der Waals surface area contributed by atoms with Gasteiger partial charge in [-0.1, -0.05) is 25.0 Å². The quantitative estimate of drug-likeness (QED) is 0.809. The van der Waals surface area contributed by atoms with Gasteiger partial charge in [-0.25, -0.2) is 9.97 Å². The summed E-state index contributed by atoms with van der Waals surface area (Å²) in [6.07, 6.45) is 7.10. The summed E-state index contributed by atoms with van der Waals surface area (Å²) < 4.78 is 0. The highest BCUT2D eigenvalue weighted by Crippen LogP contribution is 2.30. The molecule has 2 saturated carbocycles. The second-order valence-electron chi connectivity index (χ2n) is 6.53. The molecule has 1 heterocycles. The van der Waals surface area contributed by atoms with Crippen molar-refractivity contribution < 1.29 is 0 Å². The molecule has 0 saturated heterocycles. The maximum atomic E-state index is 6.27. The van der Waals surface area contributed by atoms with Crippen molar-refractivity contribution in [1.29, 1.82) is 0 Å². The molecule has 0 bridgehead atoms. The summed E-state index contributed by atoms with van der Waals surface area (Å²) in [5.41, 5.74) is 8.13. The highest BCUT2D eigenvalue weighted by atomic mass is 15.1. The Hall–Kier alpha value is -1.88. The van der Waals surface area contributed by atoms with Crippen LogP contribution >= 0.6 is 0 Å². The Labute approximate surface area is 130 Å². The van der Waals surface area contributed by atoms with Crippen molar-refractivity contribution in [3.05, 3.63) is 24.3 Å². The summed E-state index contributed by atoms with van der Waals surface area (Å²) in [5, 5.41) is 7.07. The molecule has 1 aromatic heterocycles. The molecule has 116 valence electrons. The first-order valence-electron chi connectivity index (χ1n) is 8.35. The van der Waals surface area contributed by atoms with Crippen LogP contribution in [0.15, 0.2) is 24.3 Å². The van der Waals surface area contributed by atoms with Crippen molar-refractivity contribution in [3.8, 4) is 0 Å². The van der Waals surface area contributed by atoms with E-state index < -0.39 is 0 Å². The summed E-state index contributed by atoms with van der Waals surface area (Å²) in [5.74, 6) is 1.73. The highest BCUT2D eigenvalue weighted by molar-refractivity contribution is 5.80. The molecular formula is C17H23N5. The van der Waals surface area contributed by atoms with E-state index in [0.717, 1.165) is 35.5 Å². The van der Waals surface area contributed by atoms with Crippen LogP contribution in [0.3, 0.4) is 0 Å². The Kier molecular flexibility index (Phi) is 3.58. The maximum absolute atomic E-state index is 6.27. The minimum absolute atomic E-state index is 0.204. The van der Waals surface area contributed by atoms with Crippen LogP contribution in [-0.2, 0) is 0 Å². The third-order valence-corrected chi connectivity index (χ3v) is 4.63. The Morgan fingerprint density at radius 3 is 2.14 bits per heavy atom. The normalized spacial score (nSPS) is 25.1. The van der Waals surface area contributed by atoms with Gasteiger partial charge in [0.25, 0.3) is 0 Å². The molecule has 22 heavy (non-hydrogen) atoms. The number of hydrogen-bond acceptors (Lipinski definition) is 5. The number of fused-ring (bicyclic) bond motifs is 1. The molecule has 4 N–H and O–H groups in total. The second kappa shape index (κ2) is 5.72. The summed E-state index contributed by atoms with van der Waals surface area (Å²) in [6.45, 7) is 0. The second-order valence-corrected chi connectivity index (χ2v) is 6.53. The third kappa shape index (κ3) is 2.86. The van der Waals surface area contributed by atoms with E-state index in [-0.39, 0.29) is 6.04 Å². The van der Waals surface area contributed by atoms with Gasteiger partial charge in [-0.2, -0.15) is 0 Å². The fourth-order valence-corrected chi connectivity index (χ4v) is 3.14. The van der Waals surface area contributed by atoms with Gasteiger partial charge in [0.15, 0.2) is 11.6 Å². The number of aromatic nitrogens is 2. The number of para-hydroxylation sites is 2. The number of benzene rings is 1. The van der Waals surface area contributed by atoms with Gasteiger partial charge in [0.05, 0.1) is 11.0 Å². The summed E-state index contributed by atoms with van der Waals surface area (Å²) >= 11 is 0. The number of hydrogen-bond donors (Lipinski definition) is 3. The van der Waals surface area contributed by atoms with E-state index >= 15 is 0 Å². The first kappa shape index (κ1) is 13.8. The van der Waals surface area contributed by atoms with Gasteiger partial charge in [0.2, 0.25) is 0 Å². The number of rotatable bonds is 4. The van der Waals surface area contributed by atoms with Gasteiger partial charge in [-0.3, -0.25) is 0 Å². The molecule has 2 aromatic rings. The summed E-state index contributed by atoms with van der Waals surface area (Å²) in [4.78, 5) is 9.56. The molecule has 2 aliphatic carbocycles. The van der Waals surface area contributed by atoms with E-state index in [2.05, 4.69) is 10.6 Å². The zero-order valence-electron chi connectivity index (χ0n) is 12.8. The molecule has 0 spiro atoms. The smallest absolute Gasteiger partial charge is 0.170 e. The van der Waals surface area contributed by atoms with Crippen molar-refractivity contribution in [2.24, 2.45) is 5.73 Å². The first-order chi connectivity index (χ1) is 10.8. The van der Waals surface area contributed by atoms with Gasteiger partial charge in [-0.05, 0) is 37.8 Å². The van der Waals surface area contributed by atoms with E-state index in [0.29, 0.717) is 12.1 Å². The van der Waals surface area contributed by atoms with Gasteiger partial charge >= 0.3 is 0 Å². The lowest BCUT2D eigenvalue weighted by Gasteiger charge is -2.30. The van der Waals surface area contributed by atoms with E-state index in [4.69, 9.17) is 15.7 Å². The van der Waals surface area contributed by atoms with Crippen LogP contribution in [0.2, 0.25) is 0 Å². The Balaban J connectivity index is 1.66. The SMILES string of the molecule is N[C@@H]1CCCC[C@H]1Nc1nc2ccccc2nc1NC1CC1. The molecule has 0 unspecified atom stereocenters. The molecule has 2 atom stereocenters. The molecule has 0 amide bonds. The molecular weight excluding hydrogens is 274 g/mol. The minimum Gasteiger partial charge on any atom is -0.364 e. The van der Waals surface area contributed by atoms with Crippen LogP contribution in [0.4, 0.5) is 11.6 Å². The van der Waals surface area contributed by atoms with E-state index in [9.17, 15) is 0 Å². The number of nitrogens with one attached hydrogen (secondary N) is 2. The van der Waals surface area contributed by atoms with Crippen LogP contribution in [0.1, 0.15) is 38.5 Å². The Morgan fingerprint density at radius 1 is 0.864 bits per heavy atom. The predicted octanol–water partition coefficient (Wildman–Crippen LogP) is 2.89. The lowest BCUT2D eigenvalue weighted by atomic mass is 9.91. The van der Waals surface area contributed by atoms with E-state index in [1.54, 1.807) is 0 Å². The van der Waals surface area contributed by atoms with Crippen LogP contribution in [0.5, 0.6) is 0 Å². The lowest BCUT2D eigenvalue weighted by Crippen LogP contribution is -2.43. The molecule has 5 heteroatoms. The average molecular weight is 297 g/mol. The molecule has 1 aromatic carbocycles. The van der Waals surface area contributed by atoms with Crippen molar-refractivity contribution in [1.82, 2.24) is 9.97 Å². The van der Waals surface area contributed by atoms with Gasteiger partial charge in [-0.15, -0.1) is 0 Å². The maximum Gasteiger partial charge on any atom is 0.170 e. The molecule has 2 aliphatic rings. The standard InChI is InChI=1S/C17H23N5/c18-12-5-1-2-6-13(12)20-17-16(19-11-9-10-11)21-14-7-3-4-8-15(14)22-17/h3-4,7-8,11-13H,1-2,5-6,9-10,18H2,(H,19,21)(H,20,22)/t12-,13-/m1/s1. The monoisotopic (exact) mass is 297 g/mol. The molecule has 0 aliphatic heterocycles. The van der Waals surface area contributed by atoms with E-state index in [1.165, 1.54) is 25.7 Å². The molecule has 0 radical (unpaired) electrons. The van der Waals surface area contributed by atoms with Crippen LogP contribution in [0, 0.1) is 0 Å². The highest BCUT2D eigenvalue weighted by Gasteiger charge is 2.26. The summed E-state index contributed by atoms with van der Waals surface area (Å²) in [7, 11) is 0. The number of nitrogens with zero attached hydrogens (tertiary/aromatic N) is 2.